The number of nitrogens with one attached hydrogen (secondary N) is 1. The van der Waals surface area contributed by atoms with E-state index in [4.69, 9.17) is 14.6 Å². The number of rotatable bonds is 5. The summed E-state index contributed by atoms with van der Waals surface area (Å²) in [6, 6.07) is 0. The first-order chi connectivity index (χ1) is 6.36. The van der Waals surface area contributed by atoms with Crippen LogP contribution in [0.2, 0.25) is 0 Å². The first-order valence-corrected chi connectivity index (χ1v) is 4.79. The minimum Gasteiger partial charge on any atom is -0.396 e. The lowest BCUT2D eigenvalue weighted by atomic mass is 9.98. The molecule has 1 rings (SSSR count). The predicted molar refractivity (Wildman–Crippen MR) is 49.7 cm³/mol. The van der Waals surface area contributed by atoms with Crippen molar-refractivity contribution in [2.24, 2.45) is 5.92 Å². The van der Waals surface area contributed by atoms with Crippen LogP contribution in [0, 0.1) is 5.92 Å². The number of methoxy groups -OCH3 is 1. The molecule has 1 aliphatic rings. The van der Waals surface area contributed by atoms with Crippen LogP contribution in [0.1, 0.15) is 6.42 Å². The SMILES string of the molecule is COCCO[C@@H]1CNC[C@@H](CO)C1. The van der Waals surface area contributed by atoms with Crippen molar-refractivity contribution >= 4 is 0 Å². The summed E-state index contributed by atoms with van der Waals surface area (Å²) in [5.74, 6) is 0.348. The molecule has 0 aromatic heterocycles. The summed E-state index contributed by atoms with van der Waals surface area (Å²) in [4.78, 5) is 0. The number of piperidine rings is 1. The monoisotopic (exact) mass is 189 g/mol. The minimum absolute atomic E-state index is 0.237. The Labute approximate surface area is 79.2 Å². The van der Waals surface area contributed by atoms with Crippen LogP contribution in [0.5, 0.6) is 0 Å². The molecule has 1 aliphatic heterocycles. The van der Waals surface area contributed by atoms with Gasteiger partial charge < -0.3 is 19.9 Å². The highest BCUT2D eigenvalue weighted by Crippen LogP contribution is 2.12. The first-order valence-electron chi connectivity index (χ1n) is 4.79. The summed E-state index contributed by atoms with van der Waals surface area (Å²) >= 11 is 0. The average molecular weight is 189 g/mol. The van der Waals surface area contributed by atoms with Gasteiger partial charge in [0.2, 0.25) is 0 Å². The van der Waals surface area contributed by atoms with Crippen LogP contribution < -0.4 is 5.32 Å². The fourth-order valence-electron chi connectivity index (χ4n) is 1.55. The van der Waals surface area contributed by atoms with Gasteiger partial charge in [-0.3, -0.25) is 0 Å². The number of hydrogen-bond acceptors (Lipinski definition) is 4. The lowest BCUT2D eigenvalue weighted by Crippen LogP contribution is -2.42. The minimum atomic E-state index is 0.237. The molecule has 0 bridgehead atoms. The molecule has 0 aromatic carbocycles. The second kappa shape index (κ2) is 6.32. The molecule has 0 unspecified atom stereocenters. The van der Waals surface area contributed by atoms with E-state index in [0.29, 0.717) is 19.1 Å². The number of aliphatic hydroxyl groups excluding tert-OH is 1. The standard InChI is InChI=1S/C9H19NO3/c1-12-2-3-13-9-4-8(7-11)5-10-6-9/h8-11H,2-7H2,1H3/t8-,9-/m0/s1. The van der Waals surface area contributed by atoms with E-state index in [1.807, 2.05) is 0 Å². The molecule has 0 aliphatic carbocycles. The van der Waals surface area contributed by atoms with Gasteiger partial charge in [-0.15, -0.1) is 0 Å². The molecule has 2 atom stereocenters. The van der Waals surface area contributed by atoms with Crippen LogP contribution in [-0.2, 0) is 9.47 Å². The van der Waals surface area contributed by atoms with Crippen LogP contribution >= 0.6 is 0 Å². The Morgan fingerprint density at radius 3 is 2.92 bits per heavy atom. The van der Waals surface area contributed by atoms with Gasteiger partial charge in [0.15, 0.2) is 0 Å². The van der Waals surface area contributed by atoms with E-state index in [1.165, 1.54) is 0 Å². The molecule has 0 amide bonds. The van der Waals surface area contributed by atoms with Crippen molar-refractivity contribution in [3.05, 3.63) is 0 Å². The lowest BCUT2D eigenvalue weighted by molar-refractivity contribution is -0.0100. The lowest BCUT2D eigenvalue weighted by Gasteiger charge is -2.28. The molecule has 1 saturated heterocycles. The van der Waals surface area contributed by atoms with Crippen molar-refractivity contribution < 1.29 is 14.6 Å². The van der Waals surface area contributed by atoms with Crippen LogP contribution in [0.25, 0.3) is 0 Å². The van der Waals surface area contributed by atoms with Crippen LogP contribution in [-0.4, -0.2) is 51.2 Å². The Bertz CT molecular complexity index is 132. The van der Waals surface area contributed by atoms with Gasteiger partial charge in [0.05, 0.1) is 19.3 Å². The van der Waals surface area contributed by atoms with Gasteiger partial charge >= 0.3 is 0 Å². The molecule has 78 valence electrons. The van der Waals surface area contributed by atoms with E-state index >= 15 is 0 Å². The highest BCUT2D eigenvalue weighted by Gasteiger charge is 2.20. The molecule has 1 heterocycles. The summed E-state index contributed by atoms with van der Waals surface area (Å²) < 4.78 is 10.4. The molecule has 4 heteroatoms. The second-order valence-corrected chi connectivity index (χ2v) is 3.43. The maximum Gasteiger partial charge on any atom is 0.0704 e. The van der Waals surface area contributed by atoms with Gasteiger partial charge in [-0.25, -0.2) is 0 Å². The first kappa shape index (κ1) is 10.9. The van der Waals surface area contributed by atoms with Crippen molar-refractivity contribution in [2.75, 3.05) is 40.0 Å². The zero-order chi connectivity index (χ0) is 9.52. The van der Waals surface area contributed by atoms with Gasteiger partial charge in [-0.1, -0.05) is 0 Å². The fraction of sp³-hybridized carbons (Fsp3) is 1.00. The average Bonchev–Trinajstić information content (AvgIpc) is 2.19. The molecule has 0 aromatic rings. The molecule has 1 fully saturated rings. The van der Waals surface area contributed by atoms with E-state index in [-0.39, 0.29) is 12.7 Å². The largest absolute Gasteiger partial charge is 0.396 e. The molecule has 0 spiro atoms. The van der Waals surface area contributed by atoms with Gasteiger partial charge in [0, 0.05) is 26.8 Å². The smallest absolute Gasteiger partial charge is 0.0704 e. The Morgan fingerprint density at radius 1 is 1.38 bits per heavy atom. The summed E-state index contributed by atoms with van der Waals surface area (Å²) in [5.41, 5.74) is 0. The third-order valence-corrected chi connectivity index (χ3v) is 2.30. The highest BCUT2D eigenvalue weighted by atomic mass is 16.5. The van der Waals surface area contributed by atoms with Gasteiger partial charge in [0.1, 0.15) is 0 Å². The topological polar surface area (TPSA) is 50.7 Å². The Kier molecular flexibility index (Phi) is 5.31. The van der Waals surface area contributed by atoms with E-state index in [2.05, 4.69) is 5.32 Å². The van der Waals surface area contributed by atoms with E-state index < -0.39 is 0 Å². The number of aliphatic hydroxyl groups is 1. The molecular weight excluding hydrogens is 170 g/mol. The second-order valence-electron chi connectivity index (χ2n) is 3.43. The van der Waals surface area contributed by atoms with Crippen LogP contribution in [0.15, 0.2) is 0 Å². The Morgan fingerprint density at radius 2 is 2.23 bits per heavy atom. The Balaban J connectivity index is 2.11. The zero-order valence-electron chi connectivity index (χ0n) is 8.16. The van der Waals surface area contributed by atoms with Crippen molar-refractivity contribution in [3.63, 3.8) is 0 Å². The van der Waals surface area contributed by atoms with Crippen molar-refractivity contribution in [1.82, 2.24) is 5.32 Å². The van der Waals surface area contributed by atoms with Crippen molar-refractivity contribution in [2.45, 2.75) is 12.5 Å². The quantitative estimate of drug-likeness (QED) is 0.579. The molecule has 0 saturated carbocycles. The van der Waals surface area contributed by atoms with E-state index in [9.17, 15) is 0 Å². The van der Waals surface area contributed by atoms with E-state index in [1.54, 1.807) is 7.11 Å². The van der Waals surface area contributed by atoms with Gasteiger partial charge in [-0.2, -0.15) is 0 Å². The van der Waals surface area contributed by atoms with Gasteiger partial charge in [0.25, 0.3) is 0 Å². The summed E-state index contributed by atoms with van der Waals surface area (Å²) in [6.45, 7) is 3.32. The summed E-state index contributed by atoms with van der Waals surface area (Å²) in [5, 5.41) is 12.2. The van der Waals surface area contributed by atoms with Crippen LogP contribution in [0.3, 0.4) is 0 Å². The van der Waals surface area contributed by atoms with Gasteiger partial charge in [-0.05, 0) is 12.3 Å². The molecule has 0 radical (unpaired) electrons. The third kappa shape index (κ3) is 4.04. The van der Waals surface area contributed by atoms with Crippen molar-refractivity contribution in [1.29, 1.82) is 0 Å². The van der Waals surface area contributed by atoms with Crippen molar-refractivity contribution in [3.8, 4) is 0 Å². The third-order valence-electron chi connectivity index (χ3n) is 2.30. The zero-order valence-corrected chi connectivity index (χ0v) is 8.16. The predicted octanol–water partition coefficient (Wildman–Crippen LogP) is -0.380. The maximum absolute atomic E-state index is 8.96. The summed E-state index contributed by atoms with van der Waals surface area (Å²) in [7, 11) is 1.67. The fourth-order valence-corrected chi connectivity index (χ4v) is 1.55. The summed E-state index contributed by atoms with van der Waals surface area (Å²) in [6.07, 6.45) is 1.19. The number of ether oxygens (including phenoxy) is 2. The molecular formula is C9H19NO3. The van der Waals surface area contributed by atoms with Crippen LogP contribution in [0.4, 0.5) is 0 Å². The highest BCUT2D eigenvalue weighted by molar-refractivity contribution is 4.75. The molecule has 13 heavy (non-hydrogen) atoms. The normalized spacial score (nSPS) is 29.1. The molecule has 4 nitrogen and oxygen atoms in total. The number of hydrogen-bond donors (Lipinski definition) is 2. The maximum atomic E-state index is 8.96. The molecule has 2 N–H and O–H groups in total. The Hall–Kier alpha value is -0.160. The van der Waals surface area contributed by atoms with E-state index in [0.717, 1.165) is 19.5 Å².